The van der Waals surface area contributed by atoms with Crippen molar-refractivity contribution in [3.8, 4) is 0 Å². The highest BCUT2D eigenvalue weighted by Crippen LogP contribution is 2.12. The number of alkyl carbamates (subject to hydrolysis) is 2. The monoisotopic (exact) mass is 514 g/mol. The van der Waals surface area contributed by atoms with E-state index in [0.29, 0.717) is 0 Å². The van der Waals surface area contributed by atoms with Crippen LogP contribution in [0.15, 0.2) is 60.7 Å². The van der Waals surface area contributed by atoms with Crippen LogP contribution < -0.4 is 10.6 Å². The van der Waals surface area contributed by atoms with Crippen molar-refractivity contribution in [1.82, 2.24) is 10.6 Å². The zero-order chi connectivity index (χ0) is 27.4. The van der Waals surface area contributed by atoms with E-state index >= 15 is 0 Å². The Labute approximate surface area is 216 Å². The molecule has 200 valence electrons. The quantitative estimate of drug-likeness (QED) is 0.364. The van der Waals surface area contributed by atoms with Gasteiger partial charge in [-0.05, 0) is 38.8 Å². The predicted molar refractivity (Wildman–Crippen MR) is 134 cm³/mol. The topological polar surface area (TPSA) is 129 Å². The Bertz CT molecular complexity index is 1040. The summed E-state index contributed by atoms with van der Waals surface area (Å²) in [6.45, 7) is 6.49. The Morgan fingerprint density at radius 2 is 1.38 bits per heavy atom. The van der Waals surface area contributed by atoms with Gasteiger partial charge >= 0.3 is 24.1 Å². The zero-order valence-electron chi connectivity index (χ0n) is 21.7. The molecule has 0 fully saturated rings. The number of nitrogens with one attached hydrogen (secondary N) is 2. The Morgan fingerprint density at radius 3 is 1.92 bits per heavy atom. The summed E-state index contributed by atoms with van der Waals surface area (Å²) in [6.07, 6.45) is -2.73. The highest BCUT2D eigenvalue weighted by Gasteiger charge is 2.34. The summed E-state index contributed by atoms with van der Waals surface area (Å²) in [7, 11) is 1.14. The second-order valence-corrected chi connectivity index (χ2v) is 9.24. The third-order valence-corrected chi connectivity index (χ3v) is 4.97. The van der Waals surface area contributed by atoms with Crippen molar-refractivity contribution in [3.63, 3.8) is 0 Å². The molecule has 3 atom stereocenters. The van der Waals surface area contributed by atoms with Crippen molar-refractivity contribution < 1.29 is 38.1 Å². The maximum absolute atomic E-state index is 13.1. The Hall–Kier alpha value is -4.08. The number of hydrogen-bond donors (Lipinski definition) is 2. The molecule has 2 aromatic carbocycles. The van der Waals surface area contributed by atoms with E-state index in [1.807, 2.05) is 12.1 Å². The lowest BCUT2D eigenvalue weighted by atomic mass is 10.1. The third-order valence-electron chi connectivity index (χ3n) is 4.97. The van der Waals surface area contributed by atoms with Gasteiger partial charge in [0.15, 0.2) is 6.04 Å². The van der Waals surface area contributed by atoms with Crippen LogP contribution in [0.4, 0.5) is 9.59 Å². The molecule has 0 saturated heterocycles. The summed E-state index contributed by atoms with van der Waals surface area (Å²) in [5.41, 5.74) is 0.738. The number of amides is 2. The van der Waals surface area contributed by atoms with Crippen molar-refractivity contribution in [2.75, 3.05) is 7.11 Å². The summed E-state index contributed by atoms with van der Waals surface area (Å²) >= 11 is 0. The van der Waals surface area contributed by atoms with Crippen molar-refractivity contribution in [2.45, 2.75) is 64.5 Å². The average Bonchev–Trinajstić information content (AvgIpc) is 2.85. The van der Waals surface area contributed by atoms with Gasteiger partial charge in [-0.1, -0.05) is 60.7 Å². The second-order valence-electron chi connectivity index (χ2n) is 9.24. The number of carbonyl (C=O) groups is 4. The molecule has 0 aliphatic rings. The van der Waals surface area contributed by atoms with Crippen LogP contribution in [-0.4, -0.2) is 55.0 Å². The first-order valence-electron chi connectivity index (χ1n) is 11.8. The van der Waals surface area contributed by atoms with Gasteiger partial charge in [-0.2, -0.15) is 0 Å². The van der Waals surface area contributed by atoms with Crippen LogP contribution in [0.5, 0.6) is 0 Å². The molecule has 0 heterocycles. The molecule has 0 radical (unpaired) electrons. The molecule has 2 rings (SSSR count). The van der Waals surface area contributed by atoms with Crippen molar-refractivity contribution >= 4 is 24.1 Å². The fourth-order valence-corrected chi connectivity index (χ4v) is 3.21. The van der Waals surface area contributed by atoms with Gasteiger partial charge in [-0.25, -0.2) is 19.2 Å². The second kappa shape index (κ2) is 13.9. The molecule has 0 bridgehead atoms. The summed E-state index contributed by atoms with van der Waals surface area (Å²) < 4.78 is 20.7. The van der Waals surface area contributed by atoms with Crippen LogP contribution in [0, 0.1) is 0 Å². The first-order chi connectivity index (χ1) is 17.5. The van der Waals surface area contributed by atoms with Gasteiger partial charge in [-0.3, -0.25) is 0 Å². The Morgan fingerprint density at radius 1 is 0.811 bits per heavy atom. The maximum Gasteiger partial charge on any atom is 0.408 e. The van der Waals surface area contributed by atoms with Crippen LogP contribution >= 0.6 is 0 Å². The summed E-state index contributed by atoms with van der Waals surface area (Å²) in [5, 5.41) is 4.90. The highest BCUT2D eigenvalue weighted by atomic mass is 16.6. The van der Waals surface area contributed by atoms with E-state index in [4.69, 9.17) is 18.9 Å². The summed E-state index contributed by atoms with van der Waals surface area (Å²) in [5.74, 6) is -1.66. The molecule has 0 spiro atoms. The van der Waals surface area contributed by atoms with Crippen LogP contribution in [0.1, 0.15) is 38.8 Å². The maximum atomic E-state index is 13.1. The molecule has 2 amide bonds. The molecule has 2 N–H and O–H groups in total. The standard InChI is InChI=1S/C27H34N2O8/c1-18(22(24(31)34-5)29-25(32)35-17-20-14-10-7-11-15-20)36-23(30)21(16-19-12-8-6-9-13-19)28-26(33)37-27(2,3)4/h6-15,18,21-22H,16-17H2,1-5H3,(H,28,33)(H,29,32)/t18-,21+,22+/m1/s1. The van der Waals surface area contributed by atoms with E-state index < -0.39 is 47.9 Å². The molecule has 37 heavy (non-hydrogen) atoms. The highest BCUT2D eigenvalue weighted by molar-refractivity contribution is 5.84. The van der Waals surface area contributed by atoms with Gasteiger partial charge < -0.3 is 29.6 Å². The van der Waals surface area contributed by atoms with Gasteiger partial charge in [-0.15, -0.1) is 0 Å². The van der Waals surface area contributed by atoms with Gasteiger partial charge in [0.25, 0.3) is 0 Å². The minimum atomic E-state index is -1.35. The smallest absolute Gasteiger partial charge is 0.408 e. The normalized spacial score (nSPS) is 13.3. The number of carbonyl (C=O) groups excluding carboxylic acids is 4. The van der Waals surface area contributed by atoms with E-state index in [0.717, 1.165) is 18.2 Å². The lowest BCUT2D eigenvalue weighted by Gasteiger charge is -2.26. The van der Waals surface area contributed by atoms with E-state index in [9.17, 15) is 19.2 Å². The van der Waals surface area contributed by atoms with Crippen molar-refractivity contribution in [1.29, 1.82) is 0 Å². The molecule has 0 aliphatic carbocycles. The molecule has 2 aromatic rings. The summed E-state index contributed by atoms with van der Waals surface area (Å²) in [4.78, 5) is 50.2. The molecular weight excluding hydrogens is 480 g/mol. The Kier molecular flexibility index (Phi) is 10.9. The number of benzene rings is 2. The fourth-order valence-electron chi connectivity index (χ4n) is 3.21. The largest absolute Gasteiger partial charge is 0.467 e. The van der Waals surface area contributed by atoms with Crippen molar-refractivity contribution in [2.24, 2.45) is 0 Å². The van der Waals surface area contributed by atoms with Crippen LogP contribution in [-0.2, 0) is 41.6 Å². The molecule has 0 unspecified atom stereocenters. The molecule has 10 heteroatoms. The number of esters is 2. The van der Waals surface area contributed by atoms with E-state index in [1.54, 1.807) is 69.3 Å². The molecule has 0 aliphatic heterocycles. The lowest BCUT2D eigenvalue weighted by molar-refractivity contribution is -0.157. The van der Waals surface area contributed by atoms with Gasteiger partial charge in [0, 0.05) is 6.42 Å². The number of methoxy groups -OCH3 is 1. The number of ether oxygens (including phenoxy) is 4. The zero-order valence-corrected chi connectivity index (χ0v) is 21.7. The molecule has 0 aromatic heterocycles. The van der Waals surface area contributed by atoms with Crippen LogP contribution in [0.25, 0.3) is 0 Å². The van der Waals surface area contributed by atoms with Gasteiger partial charge in [0.2, 0.25) is 0 Å². The fraction of sp³-hybridized carbons (Fsp3) is 0.407. The first-order valence-corrected chi connectivity index (χ1v) is 11.8. The number of rotatable bonds is 10. The molecular formula is C27H34N2O8. The minimum Gasteiger partial charge on any atom is -0.467 e. The van der Waals surface area contributed by atoms with Crippen LogP contribution in [0.3, 0.4) is 0 Å². The minimum absolute atomic E-state index is 0.0201. The Balaban J connectivity index is 2.09. The van der Waals surface area contributed by atoms with E-state index in [1.165, 1.54) is 6.92 Å². The lowest BCUT2D eigenvalue weighted by Crippen LogP contribution is -2.52. The van der Waals surface area contributed by atoms with Gasteiger partial charge in [0.05, 0.1) is 7.11 Å². The molecule has 10 nitrogen and oxygen atoms in total. The number of hydrogen-bond acceptors (Lipinski definition) is 8. The first kappa shape index (κ1) is 29.2. The van der Waals surface area contributed by atoms with Gasteiger partial charge in [0.1, 0.15) is 24.4 Å². The SMILES string of the molecule is COC(=O)[C@@H](NC(=O)OCc1ccccc1)[C@@H](C)OC(=O)[C@H](Cc1ccccc1)NC(=O)OC(C)(C)C. The van der Waals surface area contributed by atoms with E-state index in [2.05, 4.69) is 10.6 Å². The van der Waals surface area contributed by atoms with E-state index in [-0.39, 0.29) is 13.0 Å². The summed E-state index contributed by atoms with van der Waals surface area (Å²) in [6, 6.07) is 15.5. The third kappa shape index (κ3) is 10.6. The van der Waals surface area contributed by atoms with Crippen LogP contribution in [0.2, 0.25) is 0 Å². The van der Waals surface area contributed by atoms with Crippen molar-refractivity contribution in [3.05, 3.63) is 71.8 Å². The average molecular weight is 515 g/mol. The molecule has 0 saturated carbocycles. The predicted octanol–water partition coefficient (Wildman–Crippen LogP) is 3.52.